The standard InChI is InChI=1S/C19H27NO3/c1-5-8-14-11-15(12-17(22-3)18(14)23-4)19(21)20-16-10-7-6-9-13(16)2/h5,11-13,16H,1,6-10H2,2-4H3,(H,20,21). The molecule has 0 aliphatic heterocycles. The molecule has 4 nitrogen and oxygen atoms in total. The Kier molecular flexibility index (Phi) is 6.08. The molecule has 126 valence electrons. The van der Waals surface area contributed by atoms with E-state index in [2.05, 4.69) is 18.8 Å². The molecule has 1 aromatic rings. The maximum Gasteiger partial charge on any atom is 0.251 e. The minimum atomic E-state index is -0.0463. The molecule has 1 N–H and O–H groups in total. The minimum absolute atomic E-state index is 0.0463. The van der Waals surface area contributed by atoms with Crippen LogP contribution in [-0.2, 0) is 6.42 Å². The van der Waals surface area contributed by atoms with Crippen molar-refractivity contribution in [1.29, 1.82) is 0 Å². The van der Waals surface area contributed by atoms with Crippen LogP contribution in [0.1, 0.15) is 48.5 Å². The molecule has 0 bridgehead atoms. The Morgan fingerprint density at radius 1 is 1.30 bits per heavy atom. The number of nitrogens with one attached hydrogen (secondary N) is 1. The van der Waals surface area contributed by atoms with E-state index in [0.29, 0.717) is 29.4 Å². The summed E-state index contributed by atoms with van der Waals surface area (Å²) in [6, 6.07) is 3.87. The third kappa shape index (κ3) is 4.06. The first-order valence-corrected chi connectivity index (χ1v) is 8.27. The number of amides is 1. The largest absolute Gasteiger partial charge is 0.493 e. The van der Waals surface area contributed by atoms with Crippen molar-refractivity contribution < 1.29 is 14.3 Å². The van der Waals surface area contributed by atoms with Gasteiger partial charge in [-0.05, 0) is 37.3 Å². The highest BCUT2D eigenvalue weighted by molar-refractivity contribution is 5.95. The van der Waals surface area contributed by atoms with E-state index >= 15 is 0 Å². The van der Waals surface area contributed by atoms with Crippen molar-refractivity contribution in [3.05, 3.63) is 35.9 Å². The van der Waals surface area contributed by atoms with E-state index in [0.717, 1.165) is 12.0 Å². The van der Waals surface area contributed by atoms with Crippen LogP contribution < -0.4 is 14.8 Å². The number of carbonyl (C=O) groups excluding carboxylic acids is 1. The van der Waals surface area contributed by atoms with Crippen molar-refractivity contribution in [1.82, 2.24) is 5.32 Å². The van der Waals surface area contributed by atoms with E-state index in [9.17, 15) is 4.79 Å². The van der Waals surface area contributed by atoms with Crippen molar-refractivity contribution >= 4 is 5.91 Å². The zero-order valence-corrected chi connectivity index (χ0v) is 14.4. The fraction of sp³-hybridized carbons (Fsp3) is 0.526. The molecule has 1 saturated carbocycles. The van der Waals surface area contributed by atoms with Crippen LogP contribution in [0.15, 0.2) is 24.8 Å². The van der Waals surface area contributed by atoms with Crippen LogP contribution >= 0.6 is 0 Å². The average molecular weight is 317 g/mol. The SMILES string of the molecule is C=CCc1cc(C(=O)NC2CCCCC2C)cc(OC)c1OC. The number of ether oxygens (including phenoxy) is 2. The molecular formula is C19H27NO3. The van der Waals surface area contributed by atoms with Gasteiger partial charge in [-0.25, -0.2) is 0 Å². The number of hydrogen-bond acceptors (Lipinski definition) is 3. The molecule has 2 atom stereocenters. The summed E-state index contributed by atoms with van der Waals surface area (Å²) in [6.45, 7) is 5.98. The van der Waals surface area contributed by atoms with Crippen molar-refractivity contribution in [2.75, 3.05) is 14.2 Å². The summed E-state index contributed by atoms with van der Waals surface area (Å²) in [5.41, 5.74) is 1.51. The van der Waals surface area contributed by atoms with E-state index < -0.39 is 0 Å². The summed E-state index contributed by atoms with van der Waals surface area (Å²) < 4.78 is 10.8. The van der Waals surface area contributed by atoms with Gasteiger partial charge in [-0.15, -0.1) is 6.58 Å². The predicted octanol–water partition coefficient (Wildman–Crippen LogP) is 3.74. The van der Waals surface area contributed by atoms with Gasteiger partial charge in [-0.2, -0.15) is 0 Å². The van der Waals surface area contributed by atoms with Gasteiger partial charge in [0.25, 0.3) is 5.91 Å². The molecule has 1 aromatic carbocycles. The maximum atomic E-state index is 12.6. The van der Waals surface area contributed by atoms with Crippen LogP contribution in [0.5, 0.6) is 11.5 Å². The Morgan fingerprint density at radius 3 is 2.65 bits per heavy atom. The predicted molar refractivity (Wildman–Crippen MR) is 92.3 cm³/mol. The van der Waals surface area contributed by atoms with Gasteiger partial charge in [0.2, 0.25) is 0 Å². The fourth-order valence-electron chi connectivity index (χ4n) is 3.26. The highest BCUT2D eigenvalue weighted by Crippen LogP contribution is 2.33. The highest BCUT2D eigenvalue weighted by atomic mass is 16.5. The lowest BCUT2D eigenvalue weighted by Crippen LogP contribution is -2.41. The van der Waals surface area contributed by atoms with Gasteiger partial charge in [0.15, 0.2) is 11.5 Å². The Hall–Kier alpha value is -1.97. The van der Waals surface area contributed by atoms with Gasteiger partial charge < -0.3 is 14.8 Å². The van der Waals surface area contributed by atoms with E-state index in [1.807, 2.05) is 6.07 Å². The van der Waals surface area contributed by atoms with Crippen LogP contribution in [0, 0.1) is 5.92 Å². The molecule has 1 aliphatic carbocycles. The zero-order valence-electron chi connectivity index (χ0n) is 14.4. The third-order valence-electron chi connectivity index (χ3n) is 4.61. The van der Waals surface area contributed by atoms with Crippen LogP contribution in [0.4, 0.5) is 0 Å². The number of hydrogen-bond donors (Lipinski definition) is 1. The third-order valence-corrected chi connectivity index (χ3v) is 4.61. The van der Waals surface area contributed by atoms with Crippen molar-refractivity contribution in [2.24, 2.45) is 5.92 Å². The topological polar surface area (TPSA) is 47.6 Å². The molecule has 0 aromatic heterocycles. The summed E-state index contributed by atoms with van der Waals surface area (Å²) in [7, 11) is 3.19. The first kappa shape index (κ1) is 17.4. The smallest absolute Gasteiger partial charge is 0.251 e. The molecule has 1 aliphatic rings. The average Bonchev–Trinajstić information content (AvgIpc) is 2.56. The summed E-state index contributed by atoms with van der Waals surface area (Å²) in [5, 5.41) is 3.18. The van der Waals surface area contributed by atoms with Crippen LogP contribution in [0.3, 0.4) is 0 Å². The lowest BCUT2D eigenvalue weighted by Gasteiger charge is -2.29. The van der Waals surface area contributed by atoms with Crippen molar-refractivity contribution in [3.8, 4) is 11.5 Å². The van der Waals surface area contributed by atoms with Crippen LogP contribution in [0.25, 0.3) is 0 Å². The first-order chi connectivity index (χ1) is 11.1. The fourth-order valence-corrected chi connectivity index (χ4v) is 3.26. The van der Waals surface area contributed by atoms with Crippen molar-refractivity contribution in [3.63, 3.8) is 0 Å². The quantitative estimate of drug-likeness (QED) is 0.813. The normalized spacial score (nSPS) is 20.7. The summed E-state index contributed by atoms with van der Waals surface area (Å²) in [6.07, 6.45) is 7.09. The molecule has 0 radical (unpaired) electrons. The van der Waals surface area contributed by atoms with Crippen LogP contribution in [0.2, 0.25) is 0 Å². The molecule has 0 heterocycles. The second-order valence-corrected chi connectivity index (χ2v) is 6.21. The number of methoxy groups -OCH3 is 2. The minimum Gasteiger partial charge on any atom is -0.493 e. The van der Waals surface area contributed by atoms with E-state index in [1.54, 1.807) is 26.4 Å². The molecule has 2 unspecified atom stereocenters. The number of carbonyl (C=O) groups is 1. The number of allylic oxidation sites excluding steroid dienone is 1. The monoisotopic (exact) mass is 317 g/mol. The second-order valence-electron chi connectivity index (χ2n) is 6.21. The van der Waals surface area contributed by atoms with Gasteiger partial charge in [0.1, 0.15) is 0 Å². The molecule has 0 saturated heterocycles. The molecule has 2 rings (SSSR count). The molecule has 23 heavy (non-hydrogen) atoms. The number of benzene rings is 1. The molecular weight excluding hydrogens is 290 g/mol. The van der Waals surface area contributed by atoms with Crippen molar-refractivity contribution in [2.45, 2.75) is 45.1 Å². The summed E-state index contributed by atoms with van der Waals surface area (Å²) in [5.74, 6) is 1.72. The Morgan fingerprint density at radius 2 is 2.04 bits per heavy atom. The van der Waals surface area contributed by atoms with E-state index in [4.69, 9.17) is 9.47 Å². The highest BCUT2D eigenvalue weighted by Gasteiger charge is 2.24. The summed E-state index contributed by atoms with van der Waals surface area (Å²) in [4.78, 5) is 12.6. The lowest BCUT2D eigenvalue weighted by atomic mass is 9.86. The van der Waals surface area contributed by atoms with Gasteiger partial charge in [0.05, 0.1) is 14.2 Å². The second kappa shape index (κ2) is 8.04. The van der Waals surface area contributed by atoms with E-state index in [-0.39, 0.29) is 11.9 Å². The van der Waals surface area contributed by atoms with Gasteiger partial charge in [-0.1, -0.05) is 25.8 Å². The molecule has 0 spiro atoms. The van der Waals surface area contributed by atoms with Gasteiger partial charge in [0, 0.05) is 17.2 Å². The zero-order chi connectivity index (χ0) is 16.8. The molecule has 1 amide bonds. The number of rotatable bonds is 6. The lowest BCUT2D eigenvalue weighted by molar-refractivity contribution is 0.0909. The van der Waals surface area contributed by atoms with E-state index in [1.165, 1.54) is 19.3 Å². The van der Waals surface area contributed by atoms with Crippen LogP contribution in [-0.4, -0.2) is 26.2 Å². The molecule has 4 heteroatoms. The Bertz CT molecular complexity index is 568. The molecule has 1 fully saturated rings. The summed E-state index contributed by atoms with van der Waals surface area (Å²) >= 11 is 0. The van der Waals surface area contributed by atoms with Gasteiger partial charge in [-0.3, -0.25) is 4.79 Å². The van der Waals surface area contributed by atoms with Gasteiger partial charge >= 0.3 is 0 Å². The first-order valence-electron chi connectivity index (χ1n) is 8.27. The Labute approximate surface area is 138 Å². The Balaban J connectivity index is 2.25. The maximum absolute atomic E-state index is 12.6.